The average Bonchev–Trinajstić information content (AvgIpc) is 3.53. The van der Waals surface area contributed by atoms with Gasteiger partial charge in [-0.05, 0) is 89.5 Å². The number of phenolic OH excluding ortho intramolecular Hbond substituents is 1. The van der Waals surface area contributed by atoms with Gasteiger partial charge in [0.05, 0.1) is 28.1 Å². The lowest BCUT2D eigenvalue weighted by molar-refractivity contribution is 0.477. The van der Waals surface area contributed by atoms with Crippen LogP contribution in [0, 0.1) is 5.82 Å². The standard InChI is InChI=1S/C46H30FN3O/c47-40-23-22-32(41-28-33(30-12-3-1-4-13-30)29-43(49-41)38-17-8-10-21-45(38)51)26-39(40)42-27-31(24-25-48-42)35-18-11-19-37-36-16-7-9-20-44(36)50(46(35)37)34-14-5-2-6-15-34/h1-29,51H. The molecule has 1 N–H and O–H groups in total. The Morgan fingerprint density at radius 3 is 2.00 bits per heavy atom. The summed E-state index contributed by atoms with van der Waals surface area (Å²) in [4.78, 5) is 9.65. The molecule has 6 aromatic carbocycles. The number of hydrogen-bond acceptors (Lipinski definition) is 3. The van der Waals surface area contributed by atoms with E-state index in [2.05, 4.69) is 76.3 Å². The molecule has 3 aromatic heterocycles. The Hall–Kier alpha value is -6.85. The van der Waals surface area contributed by atoms with Crippen molar-refractivity contribution in [3.8, 4) is 67.5 Å². The van der Waals surface area contributed by atoms with Crippen LogP contribution in [-0.2, 0) is 0 Å². The normalized spacial score (nSPS) is 11.3. The third-order valence-electron chi connectivity index (χ3n) is 9.43. The first kappa shape index (κ1) is 30.2. The van der Waals surface area contributed by atoms with Gasteiger partial charge >= 0.3 is 0 Å². The van der Waals surface area contributed by atoms with E-state index in [1.54, 1.807) is 24.4 Å². The van der Waals surface area contributed by atoms with E-state index in [0.717, 1.165) is 49.9 Å². The fraction of sp³-hybridized carbons (Fsp3) is 0. The van der Waals surface area contributed by atoms with Crippen molar-refractivity contribution in [3.63, 3.8) is 0 Å². The van der Waals surface area contributed by atoms with Crippen molar-refractivity contribution < 1.29 is 9.50 Å². The average molecular weight is 660 g/mol. The van der Waals surface area contributed by atoms with Crippen molar-refractivity contribution in [2.45, 2.75) is 0 Å². The van der Waals surface area contributed by atoms with Gasteiger partial charge in [-0.3, -0.25) is 4.98 Å². The largest absolute Gasteiger partial charge is 0.507 e. The molecule has 9 aromatic rings. The lowest BCUT2D eigenvalue weighted by atomic mass is 9.97. The molecule has 0 fully saturated rings. The molecule has 0 unspecified atom stereocenters. The SMILES string of the molecule is Oc1ccccc1-c1cc(-c2ccccc2)cc(-c2ccc(F)c(-c3cc(-c4cccc5c6ccccc6n(-c6ccccc6)c45)ccn3)c2)n1. The highest BCUT2D eigenvalue weighted by Crippen LogP contribution is 2.40. The molecule has 0 spiro atoms. The maximum absolute atomic E-state index is 15.8. The molecule has 242 valence electrons. The van der Waals surface area contributed by atoms with E-state index >= 15 is 4.39 Å². The van der Waals surface area contributed by atoms with Crippen LogP contribution < -0.4 is 0 Å². The van der Waals surface area contributed by atoms with Crippen molar-refractivity contribution >= 4 is 21.8 Å². The smallest absolute Gasteiger partial charge is 0.132 e. The van der Waals surface area contributed by atoms with Crippen molar-refractivity contribution in [3.05, 3.63) is 182 Å². The Morgan fingerprint density at radius 2 is 1.16 bits per heavy atom. The maximum Gasteiger partial charge on any atom is 0.132 e. The van der Waals surface area contributed by atoms with Gasteiger partial charge < -0.3 is 9.67 Å². The van der Waals surface area contributed by atoms with E-state index in [-0.39, 0.29) is 11.6 Å². The van der Waals surface area contributed by atoms with Crippen LogP contribution in [0.25, 0.3) is 83.5 Å². The van der Waals surface area contributed by atoms with Crippen LogP contribution in [0.3, 0.4) is 0 Å². The predicted molar refractivity (Wildman–Crippen MR) is 205 cm³/mol. The number of fused-ring (bicyclic) bond motifs is 3. The van der Waals surface area contributed by atoms with Crippen molar-refractivity contribution in [1.82, 2.24) is 14.5 Å². The Kier molecular flexibility index (Phi) is 7.44. The molecular formula is C46H30FN3O. The van der Waals surface area contributed by atoms with Crippen molar-refractivity contribution in [2.75, 3.05) is 0 Å². The van der Waals surface area contributed by atoms with E-state index < -0.39 is 0 Å². The number of pyridine rings is 2. The molecule has 9 rings (SSSR count). The molecule has 0 bridgehead atoms. The lowest BCUT2D eigenvalue weighted by Gasteiger charge is -2.13. The molecule has 5 heteroatoms. The molecule has 4 nitrogen and oxygen atoms in total. The van der Waals surface area contributed by atoms with Gasteiger partial charge in [0.25, 0.3) is 0 Å². The second-order valence-corrected chi connectivity index (χ2v) is 12.5. The fourth-order valence-electron chi connectivity index (χ4n) is 7.03. The summed E-state index contributed by atoms with van der Waals surface area (Å²) in [5, 5.41) is 13.0. The zero-order chi connectivity index (χ0) is 34.3. The van der Waals surface area contributed by atoms with E-state index in [9.17, 15) is 5.11 Å². The molecule has 0 aliphatic carbocycles. The molecular weight excluding hydrogens is 630 g/mol. The van der Waals surface area contributed by atoms with Crippen LogP contribution in [0.4, 0.5) is 4.39 Å². The number of benzene rings is 6. The van der Waals surface area contributed by atoms with Gasteiger partial charge in [0, 0.05) is 44.9 Å². The topological polar surface area (TPSA) is 50.9 Å². The Bertz CT molecular complexity index is 2720. The Balaban J connectivity index is 1.20. The minimum Gasteiger partial charge on any atom is -0.507 e. The summed E-state index contributed by atoms with van der Waals surface area (Å²) in [5.74, 6) is -0.233. The number of para-hydroxylation sites is 4. The number of halogens is 1. The van der Waals surface area contributed by atoms with Gasteiger partial charge in [0.15, 0.2) is 0 Å². The summed E-state index contributed by atoms with van der Waals surface area (Å²) in [5.41, 5.74) is 10.7. The minimum atomic E-state index is -0.375. The maximum atomic E-state index is 15.8. The van der Waals surface area contributed by atoms with Crippen LogP contribution in [0.1, 0.15) is 0 Å². The van der Waals surface area contributed by atoms with Gasteiger partial charge in [-0.2, -0.15) is 0 Å². The van der Waals surface area contributed by atoms with Crippen molar-refractivity contribution in [1.29, 1.82) is 0 Å². The van der Waals surface area contributed by atoms with Crippen LogP contribution in [0.15, 0.2) is 176 Å². The number of rotatable bonds is 6. The molecule has 0 atom stereocenters. The van der Waals surface area contributed by atoms with Gasteiger partial charge in [-0.1, -0.05) is 97.1 Å². The van der Waals surface area contributed by atoms with Crippen LogP contribution in [0.2, 0.25) is 0 Å². The zero-order valence-electron chi connectivity index (χ0n) is 27.4. The van der Waals surface area contributed by atoms with E-state index in [1.807, 2.05) is 78.9 Å². The van der Waals surface area contributed by atoms with Gasteiger partial charge in [-0.15, -0.1) is 0 Å². The van der Waals surface area contributed by atoms with Crippen LogP contribution >= 0.6 is 0 Å². The number of phenols is 1. The van der Waals surface area contributed by atoms with E-state index in [4.69, 9.17) is 4.98 Å². The summed E-state index contributed by atoms with van der Waals surface area (Å²) in [6.07, 6.45) is 1.75. The molecule has 0 saturated heterocycles. The lowest BCUT2D eigenvalue weighted by Crippen LogP contribution is -1.96. The van der Waals surface area contributed by atoms with Crippen LogP contribution in [0.5, 0.6) is 5.75 Å². The molecule has 0 radical (unpaired) electrons. The first-order chi connectivity index (χ1) is 25.1. The summed E-state index contributed by atoms with van der Waals surface area (Å²) >= 11 is 0. The predicted octanol–water partition coefficient (Wildman–Crippen LogP) is 11.8. The van der Waals surface area contributed by atoms with Crippen molar-refractivity contribution in [2.24, 2.45) is 0 Å². The Morgan fingerprint density at radius 1 is 0.471 bits per heavy atom. The molecule has 3 heterocycles. The molecule has 0 aliphatic rings. The van der Waals surface area contributed by atoms with Gasteiger partial charge in [0.2, 0.25) is 0 Å². The highest BCUT2D eigenvalue weighted by molar-refractivity contribution is 6.13. The van der Waals surface area contributed by atoms with Crippen LogP contribution in [-0.4, -0.2) is 19.6 Å². The van der Waals surface area contributed by atoms with E-state index in [0.29, 0.717) is 28.2 Å². The molecule has 51 heavy (non-hydrogen) atoms. The highest BCUT2D eigenvalue weighted by atomic mass is 19.1. The Labute approximate surface area is 294 Å². The third-order valence-corrected chi connectivity index (χ3v) is 9.43. The first-order valence-corrected chi connectivity index (χ1v) is 16.8. The summed E-state index contributed by atoms with van der Waals surface area (Å²) in [7, 11) is 0. The second kappa shape index (κ2) is 12.6. The quantitative estimate of drug-likeness (QED) is 0.193. The summed E-state index contributed by atoms with van der Waals surface area (Å²) in [6, 6.07) is 55.3. The fourth-order valence-corrected chi connectivity index (χ4v) is 7.03. The van der Waals surface area contributed by atoms with Gasteiger partial charge in [-0.25, -0.2) is 9.37 Å². The highest BCUT2D eigenvalue weighted by Gasteiger charge is 2.18. The number of aromatic nitrogens is 3. The summed E-state index contributed by atoms with van der Waals surface area (Å²) < 4.78 is 18.1. The van der Waals surface area contributed by atoms with Gasteiger partial charge in [0.1, 0.15) is 11.6 Å². The zero-order valence-corrected chi connectivity index (χ0v) is 27.4. The third kappa shape index (κ3) is 5.42. The first-order valence-electron chi connectivity index (χ1n) is 16.8. The molecule has 0 aliphatic heterocycles. The molecule has 0 saturated carbocycles. The number of hydrogen-bond donors (Lipinski definition) is 1. The monoisotopic (exact) mass is 659 g/mol. The number of nitrogens with zero attached hydrogens (tertiary/aromatic N) is 3. The van der Waals surface area contributed by atoms with E-state index in [1.165, 1.54) is 11.5 Å². The minimum absolute atomic E-state index is 0.142. The summed E-state index contributed by atoms with van der Waals surface area (Å²) in [6.45, 7) is 0. The molecule has 0 amide bonds. The second-order valence-electron chi connectivity index (χ2n) is 12.5. The number of aromatic hydroxyl groups is 1.